The van der Waals surface area contributed by atoms with Crippen LogP contribution in [0, 0.1) is 13.8 Å². The Morgan fingerprint density at radius 2 is 2.00 bits per heavy atom. The number of hydrogen-bond acceptors (Lipinski definition) is 7. The third kappa shape index (κ3) is 4.83. The number of carbonyl (C=O) groups is 1. The van der Waals surface area contributed by atoms with Crippen molar-refractivity contribution >= 4 is 23.4 Å². The second-order valence-electron chi connectivity index (χ2n) is 7.52. The van der Waals surface area contributed by atoms with Crippen molar-refractivity contribution in [2.75, 3.05) is 12.1 Å². The molecule has 3 aromatic rings. The molecule has 0 saturated carbocycles. The van der Waals surface area contributed by atoms with E-state index < -0.39 is 0 Å². The number of anilines is 1. The molecule has 1 amide bonds. The highest BCUT2D eigenvalue weighted by Gasteiger charge is 2.21. The SMILES string of the molecule is CCn1c(COc2cc(C)ccc2C)nnc1SC(C)C(=O)Nc1ccc2c(c1)OCO2. The summed E-state index contributed by atoms with van der Waals surface area (Å²) in [6.45, 7) is 9.09. The van der Waals surface area contributed by atoms with Crippen LogP contribution in [0.25, 0.3) is 0 Å². The van der Waals surface area contributed by atoms with Crippen LogP contribution in [0.2, 0.25) is 0 Å². The molecule has 2 aromatic carbocycles. The van der Waals surface area contributed by atoms with Crippen LogP contribution >= 0.6 is 11.8 Å². The maximum absolute atomic E-state index is 12.7. The monoisotopic (exact) mass is 454 g/mol. The molecule has 9 heteroatoms. The van der Waals surface area contributed by atoms with Gasteiger partial charge in [0.15, 0.2) is 22.5 Å². The smallest absolute Gasteiger partial charge is 0.237 e. The number of thioether (sulfide) groups is 1. The highest BCUT2D eigenvalue weighted by atomic mass is 32.2. The van der Waals surface area contributed by atoms with Gasteiger partial charge in [-0.1, -0.05) is 23.9 Å². The van der Waals surface area contributed by atoms with Gasteiger partial charge in [-0.3, -0.25) is 4.79 Å². The lowest BCUT2D eigenvalue weighted by atomic mass is 10.1. The number of rotatable bonds is 8. The molecule has 0 fully saturated rings. The van der Waals surface area contributed by atoms with Crippen molar-refractivity contribution in [3.63, 3.8) is 0 Å². The van der Waals surface area contributed by atoms with Gasteiger partial charge in [-0.15, -0.1) is 10.2 Å². The predicted molar refractivity (Wildman–Crippen MR) is 122 cm³/mol. The van der Waals surface area contributed by atoms with Crippen molar-refractivity contribution in [1.82, 2.24) is 14.8 Å². The van der Waals surface area contributed by atoms with E-state index in [2.05, 4.69) is 21.6 Å². The van der Waals surface area contributed by atoms with E-state index in [-0.39, 0.29) is 18.0 Å². The van der Waals surface area contributed by atoms with Gasteiger partial charge < -0.3 is 24.1 Å². The fourth-order valence-electron chi connectivity index (χ4n) is 3.27. The zero-order valence-corrected chi connectivity index (χ0v) is 19.4. The third-order valence-corrected chi connectivity index (χ3v) is 6.18. The minimum Gasteiger partial charge on any atom is -0.485 e. The second-order valence-corrected chi connectivity index (χ2v) is 8.83. The van der Waals surface area contributed by atoms with Crippen LogP contribution in [0.15, 0.2) is 41.6 Å². The van der Waals surface area contributed by atoms with E-state index in [9.17, 15) is 4.79 Å². The quantitative estimate of drug-likeness (QED) is 0.507. The molecule has 0 aliphatic carbocycles. The van der Waals surface area contributed by atoms with E-state index in [1.807, 2.05) is 44.4 Å². The molecule has 0 saturated heterocycles. The lowest BCUT2D eigenvalue weighted by molar-refractivity contribution is -0.115. The third-order valence-electron chi connectivity index (χ3n) is 5.10. The number of fused-ring (bicyclic) bond motifs is 1. The van der Waals surface area contributed by atoms with Crippen LogP contribution in [-0.2, 0) is 17.9 Å². The topological polar surface area (TPSA) is 87.5 Å². The van der Waals surface area contributed by atoms with Crippen LogP contribution in [0.1, 0.15) is 30.8 Å². The van der Waals surface area contributed by atoms with Crippen molar-refractivity contribution < 1.29 is 19.0 Å². The summed E-state index contributed by atoms with van der Waals surface area (Å²) in [7, 11) is 0. The van der Waals surface area contributed by atoms with Crippen molar-refractivity contribution in [1.29, 1.82) is 0 Å². The van der Waals surface area contributed by atoms with Crippen molar-refractivity contribution in [3.8, 4) is 17.2 Å². The first-order valence-corrected chi connectivity index (χ1v) is 11.3. The summed E-state index contributed by atoms with van der Waals surface area (Å²) in [5.41, 5.74) is 2.87. The van der Waals surface area contributed by atoms with Crippen LogP contribution in [-0.4, -0.2) is 32.7 Å². The van der Waals surface area contributed by atoms with Gasteiger partial charge in [0.2, 0.25) is 12.7 Å². The molecule has 0 spiro atoms. The molecule has 1 aromatic heterocycles. The molecular formula is C23H26N4O4S. The van der Waals surface area contributed by atoms with Crippen LogP contribution < -0.4 is 19.5 Å². The number of aromatic nitrogens is 3. The maximum atomic E-state index is 12.7. The molecule has 0 bridgehead atoms. The minimum absolute atomic E-state index is 0.132. The second kappa shape index (κ2) is 9.52. The molecule has 2 heterocycles. The van der Waals surface area contributed by atoms with Crippen LogP contribution in [0.5, 0.6) is 17.2 Å². The molecule has 32 heavy (non-hydrogen) atoms. The van der Waals surface area contributed by atoms with E-state index in [0.29, 0.717) is 35.5 Å². The summed E-state index contributed by atoms with van der Waals surface area (Å²) in [6.07, 6.45) is 0. The molecule has 168 valence electrons. The Bertz CT molecular complexity index is 1130. The molecule has 4 rings (SSSR count). The number of nitrogens with zero attached hydrogens (tertiary/aromatic N) is 3. The van der Waals surface area contributed by atoms with E-state index in [1.165, 1.54) is 11.8 Å². The van der Waals surface area contributed by atoms with Crippen LogP contribution in [0.3, 0.4) is 0 Å². The molecule has 0 radical (unpaired) electrons. The Labute approximate surface area is 191 Å². The van der Waals surface area contributed by atoms with Gasteiger partial charge in [0.05, 0.1) is 5.25 Å². The summed E-state index contributed by atoms with van der Waals surface area (Å²) in [6, 6.07) is 11.4. The number of amides is 1. The Morgan fingerprint density at radius 1 is 1.19 bits per heavy atom. The van der Waals surface area contributed by atoms with E-state index in [0.717, 1.165) is 22.7 Å². The summed E-state index contributed by atoms with van der Waals surface area (Å²) >= 11 is 1.36. The number of ether oxygens (including phenoxy) is 3. The zero-order valence-electron chi connectivity index (χ0n) is 18.5. The standard InChI is InChI=1S/C23H26N4O4S/c1-5-27-21(12-29-19-10-14(2)6-7-15(19)3)25-26-23(27)32-16(4)22(28)24-17-8-9-18-20(11-17)31-13-30-18/h6-11,16H,5,12-13H2,1-4H3,(H,24,28). The lowest BCUT2D eigenvalue weighted by Crippen LogP contribution is -2.23. The lowest BCUT2D eigenvalue weighted by Gasteiger charge is -2.14. The van der Waals surface area contributed by atoms with Crippen molar-refractivity contribution in [2.45, 2.75) is 51.3 Å². The average Bonchev–Trinajstić information content (AvgIpc) is 3.40. The average molecular weight is 455 g/mol. The van der Waals surface area contributed by atoms with Crippen molar-refractivity contribution in [2.24, 2.45) is 0 Å². The Morgan fingerprint density at radius 3 is 2.81 bits per heavy atom. The van der Waals surface area contributed by atoms with E-state index in [1.54, 1.807) is 18.2 Å². The van der Waals surface area contributed by atoms with Gasteiger partial charge in [0, 0.05) is 18.3 Å². The number of carbonyl (C=O) groups excluding carboxylic acids is 1. The van der Waals surface area contributed by atoms with Crippen LogP contribution in [0.4, 0.5) is 5.69 Å². The largest absolute Gasteiger partial charge is 0.485 e. The fourth-order valence-corrected chi connectivity index (χ4v) is 4.20. The minimum atomic E-state index is -0.372. The first kappa shape index (κ1) is 22.0. The number of hydrogen-bond donors (Lipinski definition) is 1. The van der Waals surface area contributed by atoms with E-state index >= 15 is 0 Å². The molecular weight excluding hydrogens is 428 g/mol. The molecule has 8 nitrogen and oxygen atoms in total. The summed E-state index contributed by atoms with van der Waals surface area (Å²) < 4.78 is 18.6. The van der Waals surface area contributed by atoms with E-state index in [4.69, 9.17) is 14.2 Å². The Hall–Kier alpha value is -3.20. The van der Waals surface area contributed by atoms with Gasteiger partial charge in [0.1, 0.15) is 12.4 Å². The summed E-state index contributed by atoms with van der Waals surface area (Å²) in [5, 5.41) is 11.8. The predicted octanol–water partition coefficient (Wildman–Crippen LogP) is 4.34. The number of aryl methyl sites for hydroxylation is 2. The normalized spacial score (nSPS) is 13.1. The highest BCUT2D eigenvalue weighted by molar-refractivity contribution is 8.00. The summed E-state index contributed by atoms with van der Waals surface area (Å²) in [4.78, 5) is 12.7. The number of nitrogens with one attached hydrogen (secondary N) is 1. The van der Waals surface area contributed by atoms with Gasteiger partial charge in [-0.25, -0.2) is 0 Å². The van der Waals surface area contributed by atoms with Gasteiger partial charge in [-0.05, 0) is 57.0 Å². The van der Waals surface area contributed by atoms with Gasteiger partial charge in [-0.2, -0.15) is 0 Å². The van der Waals surface area contributed by atoms with Gasteiger partial charge in [0.25, 0.3) is 0 Å². The molecule has 1 aliphatic rings. The first-order chi connectivity index (χ1) is 15.4. The number of benzene rings is 2. The molecule has 1 aliphatic heterocycles. The Balaban J connectivity index is 1.39. The zero-order chi connectivity index (χ0) is 22.7. The Kier molecular flexibility index (Phi) is 6.55. The van der Waals surface area contributed by atoms with Crippen molar-refractivity contribution in [3.05, 3.63) is 53.3 Å². The molecule has 1 unspecified atom stereocenters. The van der Waals surface area contributed by atoms with Gasteiger partial charge >= 0.3 is 0 Å². The summed E-state index contributed by atoms with van der Waals surface area (Å²) in [5.74, 6) is 2.73. The first-order valence-electron chi connectivity index (χ1n) is 10.4. The molecule has 1 atom stereocenters. The maximum Gasteiger partial charge on any atom is 0.237 e. The highest BCUT2D eigenvalue weighted by Crippen LogP contribution is 2.34. The molecule has 1 N–H and O–H groups in total. The fraction of sp³-hybridized carbons (Fsp3) is 0.348.